The Morgan fingerprint density at radius 2 is 2.26 bits per heavy atom. The Kier molecular flexibility index (Phi) is 5.17. The van der Waals surface area contributed by atoms with E-state index in [1.807, 2.05) is 11.8 Å². The lowest BCUT2D eigenvalue weighted by molar-refractivity contribution is 0.288. The highest BCUT2D eigenvalue weighted by molar-refractivity contribution is 7.99. The van der Waals surface area contributed by atoms with Crippen LogP contribution in [0.25, 0.3) is 0 Å². The quantitative estimate of drug-likeness (QED) is 0.864. The number of rotatable bonds is 5. The van der Waals surface area contributed by atoms with E-state index in [9.17, 15) is 0 Å². The average Bonchev–Trinajstić information content (AvgIpc) is 2.39. The van der Waals surface area contributed by atoms with Crippen molar-refractivity contribution in [2.45, 2.75) is 39.2 Å². The fraction of sp³-hybridized carbons (Fsp3) is 0.625. The fourth-order valence-electron chi connectivity index (χ4n) is 2.47. The SMILES string of the molecule is CC1(C)CCSCC1Nc1cccc(CCCO)c1. The van der Waals surface area contributed by atoms with Crippen molar-refractivity contribution in [3.8, 4) is 0 Å². The van der Waals surface area contributed by atoms with Gasteiger partial charge in [0, 0.05) is 24.1 Å². The number of hydrogen-bond donors (Lipinski definition) is 2. The molecule has 1 saturated heterocycles. The van der Waals surface area contributed by atoms with E-state index in [4.69, 9.17) is 5.11 Å². The lowest BCUT2D eigenvalue weighted by Gasteiger charge is -2.39. The van der Waals surface area contributed by atoms with Crippen LogP contribution in [0, 0.1) is 5.41 Å². The molecule has 106 valence electrons. The molecular weight excluding hydrogens is 254 g/mol. The molecule has 1 aromatic rings. The summed E-state index contributed by atoms with van der Waals surface area (Å²) < 4.78 is 0. The van der Waals surface area contributed by atoms with Crippen LogP contribution < -0.4 is 5.32 Å². The van der Waals surface area contributed by atoms with Crippen molar-refractivity contribution in [2.75, 3.05) is 23.4 Å². The minimum absolute atomic E-state index is 0.268. The molecule has 0 spiro atoms. The molecule has 2 N–H and O–H groups in total. The van der Waals surface area contributed by atoms with Crippen LogP contribution in [0.3, 0.4) is 0 Å². The second-order valence-electron chi connectivity index (χ2n) is 6.04. The molecule has 0 aromatic heterocycles. The van der Waals surface area contributed by atoms with Crippen LogP contribution in [0.1, 0.15) is 32.3 Å². The van der Waals surface area contributed by atoms with E-state index in [0.717, 1.165) is 12.8 Å². The Morgan fingerprint density at radius 3 is 3.00 bits per heavy atom. The highest BCUT2D eigenvalue weighted by Crippen LogP contribution is 2.36. The third kappa shape index (κ3) is 4.15. The van der Waals surface area contributed by atoms with Crippen molar-refractivity contribution in [1.29, 1.82) is 0 Å². The van der Waals surface area contributed by atoms with Crippen molar-refractivity contribution < 1.29 is 5.11 Å². The first-order valence-corrected chi connectivity index (χ1v) is 8.31. The molecular formula is C16H25NOS. The van der Waals surface area contributed by atoms with Gasteiger partial charge in [0.2, 0.25) is 0 Å². The molecule has 0 saturated carbocycles. The molecule has 1 aliphatic rings. The Balaban J connectivity index is 2.01. The standard InChI is InChI=1S/C16H25NOS/c1-16(2)8-10-19-12-15(16)17-14-7-3-5-13(11-14)6-4-9-18/h3,5,7,11,15,17-18H,4,6,8-10,12H2,1-2H3. The first-order valence-electron chi connectivity index (χ1n) is 7.16. The van der Waals surface area contributed by atoms with Gasteiger partial charge in [-0.15, -0.1) is 0 Å². The largest absolute Gasteiger partial charge is 0.396 e. The highest BCUT2D eigenvalue weighted by atomic mass is 32.2. The Bertz CT molecular complexity index is 405. The number of hydrogen-bond acceptors (Lipinski definition) is 3. The number of aliphatic hydroxyl groups excluding tert-OH is 1. The lowest BCUT2D eigenvalue weighted by Crippen LogP contribution is -2.41. The summed E-state index contributed by atoms with van der Waals surface area (Å²) in [6, 6.07) is 9.17. The van der Waals surface area contributed by atoms with Gasteiger partial charge in [0.15, 0.2) is 0 Å². The Labute approximate surface area is 121 Å². The van der Waals surface area contributed by atoms with E-state index >= 15 is 0 Å². The second kappa shape index (κ2) is 6.67. The van der Waals surface area contributed by atoms with Gasteiger partial charge in [0.25, 0.3) is 0 Å². The van der Waals surface area contributed by atoms with E-state index in [2.05, 4.69) is 43.4 Å². The summed E-state index contributed by atoms with van der Waals surface area (Å²) >= 11 is 2.05. The van der Waals surface area contributed by atoms with E-state index in [1.54, 1.807) is 0 Å². The number of anilines is 1. The molecule has 1 unspecified atom stereocenters. The van der Waals surface area contributed by atoms with Gasteiger partial charge in [0.05, 0.1) is 0 Å². The van der Waals surface area contributed by atoms with Crippen LogP contribution in [0.5, 0.6) is 0 Å². The lowest BCUT2D eigenvalue weighted by atomic mass is 9.82. The summed E-state index contributed by atoms with van der Waals surface area (Å²) in [5.74, 6) is 2.47. The number of aryl methyl sites for hydroxylation is 1. The number of aliphatic hydroxyl groups is 1. The molecule has 1 heterocycles. The molecule has 0 bridgehead atoms. The van der Waals surface area contributed by atoms with Crippen molar-refractivity contribution in [3.63, 3.8) is 0 Å². The van der Waals surface area contributed by atoms with Gasteiger partial charge in [-0.2, -0.15) is 11.8 Å². The second-order valence-corrected chi connectivity index (χ2v) is 7.19. The monoisotopic (exact) mass is 279 g/mol. The topological polar surface area (TPSA) is 32.3 Å². The molecule has 1 atom stereocenters. The van der Waals surface area contributed by atoms with Gasteiger partial charge in [-0.3, -0.25) is 0 Å². The molecule has 0 aliphatic carbocycles. The molecule has 19 heavy (non-hydrogen) atoms. The zero-order valence-electron chi connectivity index (χ0n) is 12.0. The molecule has 0 radical (unpaired) electrons. The number of thioether (sulfide) groups is 1. The molecule has 1 fully saturated rings. The van der Waals surface area contributed by atoms with Crippen LogP contribution in [0.2, 0.25) is 0 Å². The molecule has 1 aromatic carbocycles. The van der Waals surface area contributed by atoms with Gasteiger partial charge in [-0.05, 0) is 48.1 Å². The van der Waals surface area contributed by atoms with Crippen LogP contribution in [-0.2, 0) is 6.42 Å². The van der Waals surface area contributed by atoms with Crippen molar-refractivity contribution >= 4 is 17.4 Å². The summed E-state index contributed by atoms with van der Waals surface area (Å²) in [7, 11) is 0. The summed E-state index contributed by atoms with van der Waals surface area (Å²) in [6.45, 7) is 4.99. The van der Waals surface area contributed by atoms with Gasteiger partial charge < -0.3 is 10.4 Å². The Hall–Kier alpha value is -0.670. The van der Waals surface area contributed by atoms with Crippen LogP contribution in [-0.4, -0.2) is 29.3 Å². The maximum absolute atomic E-state index is 8.91. The summed E-state index contributed by atoms with van der Waals surface area (Å²) in [6.07, 6.45) is 3.07. The predicted octanol–water partition coefficient (Wildman–Crippen LogP) is 3.56. The summed E-state index contributed by atoms with van der Waals surface area (Å²) in [4.78, 5) is 0. The fourth-order valence-corrected chi connectivity index (χ4v) is 4.08. The predicted molar refractivity (Wildman–Crippen MR) is 85.0 cm³/mol. The normalized spacial score (nSPS) is 22.2. The maximum atomic E-state index is 8.91. The van der Waals surface area contributed by atoms with Gasteiger partial charge >= 0.3 is 0 Å². The minimum atomic E-state index is 0.268. The smallest absolute Gasteiger partial charge is 0.0434 e. The van der Waals surface area contributed by atoms with Gasteiger partial charge in [-0.25, -0.2) is 0 Å². The zero-order valence-corrected chi connectivity index (χ0v) is 12.8. The van der Waals surface area contributed by atoms with Gasteiger partial charge in [0.1, 0.15) is 0 Å². The van der Waals surface area contributed by atoms with Crippen LogP contribution >= 0.6 is 11.8 Å². The molecule has 1 aliphatic heterocycles. The van der Waals surface area contributed by atoms with Crippen molar-refractivity contribution in [2.24, 2.45) is 5.41 Å². The first kappa shape index (κ1) is 14.7. The summed E-state index contributed by atoms with van der Waals surface area (Å²) in [5, 5.41) is 12.6. The number of nitrogens with one attached hydrogen (secondary N) is 1. The number of benzene rings is 1. The van der Waals surface area contributed by atoms with E-state index in [0.29, 0.717) is 11.5 Å². The third-order valence-electron chi connectivity index (χ3n) is 4.01. The van der Waals surface area contributed by atoms with Crippen LogP contribution in [0.15, 0.2) is 24.3 Å². The Morgan fingerprint density at radius 1 is 1.42 bits per heavy atom. The van der Waals surface area contributed by atoms with Gasteiger partial charge in [-0.1, -0.05) is 26.0 Å². The van der Waals surface area contributed by atoms with Crippen molar-refractivity contribution in [1.82, 2.24) is 0 Å². The molecule has 2 nitrogen and oxygen atoms in total. The molecule has 0 amide bonds. The third-order valence-corrected chi connectivity index (χ3v) is 5.07. The van der Waals surface area contributed by atoms with E-state index in [1.165, 1.54) is 29.2 Å². The average molecular weight is 279 g/mol. The molecule has 3 heteroatoms. The summed E-state index contributed by atoms with van der Waals surface area (Å²) in [5.41, 5.74) is 2.89. The van der Waals surface area contributed by atoms with Crippen LogP contribution in [0.4, 0.5) is 5.69 Å². The van der Waals surface area contributed by atoms with E-state index in [-0.39, 0.29) is 6.61 Å². The zero-order chi connectivity index (χ0) is 13.7. The maximum Gasteiger partial charge on any atom is 0.0434 e. The molecule has 2 rings (SSSR count). The minimum Gasteiger partial charge on any atom is -0.396 e. The first-order chi connectivity index (χ1) is 9.12. The van der Waals surface area contributed by atoms with E-state index < -0.39 is 0 Å². The highest BCUT2D eigenvalue weighted by Gasteiger charge is 2.32. The van der Waals surface area contributed by atoms with Crippen molar-refractivity contribution in [3.05, 3.63) is 29.8 Å².